The van der Waals surface area contributed by atoms with Gasteiger partial charge in [-0.3, -0.25) is 9.59 Å². The van der Waals surface area contributed by atoms with Gasteiger partial charge in [0, 0.05) is 37.2 Å². The highest BCUT2D eigenvalue weighted by molar-refractivity contribution is 5.94. The van der Waals surface area contributed by atoms with E-state index in [0.29, 0.717) is 24.6 Å². The van der Waals surface area contributed by atoms with Crippen molar-refractivity contribution in [2.75, 3.05) is 13.1 Å². The molecule has 0 spiro atoms. The fourth-order valence-corrected chi connectivity index (χ4v) is 3.35. The normalized spacial score (nSPS) is 24.7. The summed E-state index contributed by atoms with van der Waals surface area (Å²) in [5.74, 6) is 0.208. The van der Waals surface area contributed by atoms with Gasteiger partial charge >= 0.3 is 0 Å². The number of carbonyl (C=O) groups excluding carboxylic acids is 2. The molecule has 0 radical (unpaired) electrons. The van der Waals surface area contributed by atoms with E-state index in [1.54, 1.807) is 0 Å². The van der Waals surface area contributed by atoms with Crippen molar-refractivity contribution in [3.05, 3.63) is 35.4 Å². The maximum absolute atomic E-state index is 12.4. The number of piperidine rings is 1. The highest BCUT2D eigenvalue weighted by atomic mass is 16.2. The van der Waals surface area contributed by atoms with Crippen molar-refractivity contribution in [2.45, 2.75) is 51.2 Å². The summed E-state index contributed by atoms with van der Waals surface area (Å²) in [6.07, 6.45) is 3.73. The average Bonchev–Trinajstić information content (AvgIpc) is 2.95. The monoisotopic (exact) mass is 315 g/mol. The molecule has 5 heteroatoms. The van der Waals surface area contributed by atoms with Crippen LogP contribution in [0.5, 0.6) is 0 Å². The molecular weight excluding hydrogens is 290 g/mol. The van der Waals surface area contributed by atoms with Gasteiger partial charge in [0.05, 0.1) is 0 Å². The van der Waals surface area contributed by atoms with Crippen molar-refractivity contribution >= 4 is 11.8 Å². The molecule has 2 atom stereocenters. The van der Waals surface area contributed by atoms with Gasteiger partial charge in [-0.25, -0.2) is 0 Å². The lowest BCUT2D eigenvalue weighted by Gasteiger charge is -2.30. The Kier molecular flexibility index (Phi) is 4.96. The lowest BCUT2D eigenvalue weighted by Crippen LogP contribution is -2.51. The zero-order chi connectivity index (χ0) is 16.2. The Hall–Kier alpha value is -1.88. The summed E-state index contributed by atoms with van der Waals surface area (Å²) in [4.78, 5) is 25.9. The van der Waals surface area contributed by atoms with Crippen LogP contribution in [0, 0.1) is 0 Å². The second kappa shape index (κ2) is 7.13. The fraction of sp³-hybridized carbons (Fsp3) is 0.556. The zero-order valence-corrected chi connectivity index (χ0v) is 13.7. The smallest absolute Gasteiger partial charge is 0.251 e. The summed E-state index contributed by atoms with van der Waals surface area (Å²) < 4.78 is 0. The third-order valence-corrected chi connectivity index (χ3v) is 4.84. The van der Waals surface area contributed by atoms with Gasteiger partial charge in [-0.15, -0.1) is 0 Å². The second-order valence-electron chi connectivity index (χ2n) is 6.58. The lowest BCUT2D eigenvalue weighted by atomic mass is 9.99. The number of nitrogens with zero attached hydrogens (tertiary/aromatic N) is 1. The first-order valence-corrected chi connectivity index (χ1v) is 8.54. The topological polar surface area (TPSA) is 61.4 Å². The van der Waals surface area contributed by atoms with Crippen molar-refractivity contribution in [3.8, 4) is 0 Å². The summed E-state index contributed by atoms with van der Waals surface area (Å²) in [6.45, 7) is 4.62. The zero-order valence-electron chi connectivity index (χ0n) is 13.7. The molecule has 2 fully saturated rings. The van der Waals surface area contributed by atoms with Gasteiger partial charge in [0.15, 0.2) is 0 Å². The summed E-state index contributed by atoms with van der Waals surface area (Å²) in [6, 6.07) is 8.11. The number of carbonyl (C=O) groups is 2. The highest BCUT2D eigenvalue weighted by Crippen LogP contribution is 2.15. The molecule has 2 N–H and O–H groups in total. The van der Waals surface area contributed by atoms with E-state index in [-0.39, 0.29) is 17.9 Å². The van der Waals surface area contributed by atoms with E-state index in [2.05, 4.69) is 17.6 Å². The van der Waals surface area contributed by atoms with Gasteiger partial charge in [-0.05, 0) is 50.4 Å². The molecule has 124 valence electrons. The van der Waals surface area contributed by atoms with Gasteiger partial charge in [-0.2, -0.15) is 0 Å². The number of rotatable bonds is 4. The molecule has 0 aromatic heterocycles. The van der Waals surface area contributed by atoms with Gasteiger partial charge in [0.2, 0.25) is 5.91 Å². The van der Waals surface area contributed by atoms with Crippen LogP contribution >= 0.6 is 0 Å². The quantitative estimate of drug-likeness (QED) is 0.889. The predicted octanol–water partition coefficient (Wildman–Crippen LogP) is 1.68. The molecule has 2 saturated heterocycles. The Morgan fingerprint density at radius 2 is 2.09 bits per heavy atom. The molecule has 2 aliphatic rings. The van der Waals surface area contributed by atoms with Crippen LogP contribution in [0.15, 0.2) is 24.3 Å². The van der Waals surface area contributed by atoms with E-state index < -0.39 is 0 Å². The number of benzene rings is 1. The largest absolute Gasteiger partial charge is 0.348 e. The minimum absolute atomic E-state index is 0.0191. The van der Waals surface area contributed by atoms with Gasteiger partial charge in [0.25, 0.3) is 5.91 Å². The van der Waals surface area contributed by atoms with E-state index in [1.165, 1.54) is 0 Å². The van der Waals surface area contributed by atoms with E-state index in [1.807, 2.05) is 29.2 Å². The maximum atomic E-state index is 12.4. The van der Waals surface area contributed by atoms with E-state index >= 15 is 0 Å². The van der Waals surface area contributed by atoms with Crippen molar-refractivity contribution in [2.24, 2.45) is 0 Å². The average molecular weight is 315 g/mol. The first kappa shape index (κ1) is 16.0. The molecule has 0 aliphatic carbocycles. The Morgan fingerprint density at radius 1 is 1.30 bits per heavy atom. The summed E-state index contributed by atoms with van der Waals surface area (Å²) in [5.41, 5.74) is 1.75. The van der Waals surface area contributed by atoms with E-state index in [9.17, 15) is 9.59 Å². The predicted molar refractivity (Wildman–Crippen MR) is 89.0 cm³/mol. The van der Waals surface area contributed by atoms with E-state index in [0.717, 1.165) is 37.9 Å². The first-order chi connectivity index (χ1) is 11.1. The number of hydrogen-bond donors (Lipinski definition) is 2. The van der Waals surface area contributed by atoms with Crippen LogP contribution in [-0.2, 0) is 11.3 Å². The second-order valence-corrected chi connectivity index (χ2v) is 6.58. The van der Waals surface area contributed by atoms with Crippen LogP contribution in [0.25, 0.3) is 0 Å². The standard InChI is InChI=1S/C18H25N3O2/c1-13-16(4-2-10-19-13)20-18(23)15-8-6-14(7-9-15)12-21-11-3-5-17(21)22/h6-9,13,16,19H,2-5,10-12H2,1H3,(H,20,23). The van der Waals surface area contributed by atoms with Crippen LogP contribution in [-0.4, -0.2) is 41.9 Å². The molecule has 3 rings (SSSR count). The molecular formula is C18H25N3O2. The van der Waals surface area contributed by atoms with Gasteiger partial charge in [0.1, 0.15) is 0 Å². The lowest BCUT2D eigenvalue weighted by molar-refractivity contribution is -0.128. The molecule has 1 aromatic rings. The van der Waals surface area contributed by atoms with E-state index in [4.69, 9.17) is 0 Å². The molecule has 23 heavy (non-hydrogen) atoms. The minimum atomic E-state index is -0.0191. The SMILES string of the molecule is CC1NCCCC1NC(=O)c1ccc(CN2CCCC2=O)cc1. The van der Waals surface area contributed by atoms with Crippen LogP contribution in [0.3, 0.4) is 0 Å². The molecule has 2 heterocycles. The molecule has 1 aromatic carbocycles. The molecule has 0 bridgehead atoms. The third kappa shape index (κ3) is 3.91. The summed E-state index contributed by atoms with van der Waals surface area (Å²) in [5, 5.41) is 6.51. The van der Waals surface area contributed by atoms with Gasteiger partial charge in [-0.1, -0.05) is 12.1 Å². The molecule has 2 unspecified atom stereocenters. The Balaban J connectivity index is 1.57. The molecule has 5 nitrogen and oxygen atoms in total. The van der Waals surface area contributed by atoms with Crippen molar-refractivity contribution < 1.29 is 9.59 Å². The highest BCUT2D eigenvalue weighted by Gasteiger charge is 2.23. The number of likely N-dealkylation sites (tertiary alicyclic amines) is 1. The van der Waals surface area contributed by atoms with Crippen molar-refractivity contribution in [1.82, 2.24) is 15.5 Å². The fourth-order valence-electron chi connectivity index (χ4n) is 3.35. The van der Waals surface area contributed by atoms with Crippen molar-refractivity contribution in [1.29, 1.82) is 0 Å². The van der Waals surface area contributed by atoms with Gasteiger partial charge < -0.3 is 15.5 Å². The minimum Gasteiger partial charge on any atom is -0.348 e. The molecule has 0 saturated carbocycles. The van der Waals surface area contributed by atoms with Crippen LogP contribution in [0.1, 0.15) is 48.5 Å². The summed E-state index contributed by atoms with van der Waals surface area (Å²) in [7, 11) is 0. The maximum Gasteiger partial charge on any atom is 0.251 e. The van der Waals surface area contributed by atoms with Crippen LogP contribution in [0.4, 0.5) is 0 Å². The Labute approximate surface area is 137 Å². The molecule has 2 aliphatic heterocycles. The van der Waals surface area contributed by atoms with Crippen LogP contribution in [0.2, 0.25) is 0 Å². The first-order valence-electron chi connectivity index (χ1n) is 8.54. The Bertz CT molecular complexity index is 570. The van der Waals surface area contributed by atoms with Crippen molar-refractivity contribution in [3.63, 3.8) is 0 Å². The number of hydrogen-bond acceptors (Lipinski definition) is 3. The number of nitrogens with one attached hydrogen (secondary N) is 2. The third-order valence-electron chi connectivity index (χ3n) is 4.84. The molecule has 2 amide bonds. The van der Waals surface area contributed by atoms with Crippen LogP contribution < -0.4 is 10.6 Å². The summed E-state index contributed by atoms with van der Waals surface area (Å²) >= 11 is 0. The number of amides is 2. The Morgan fingerprint density at radius 3 is 2.74 bits per heavy atom.